The number of benzene rings is 1. The molecule has 1 N–H and O–H groups in total. The molecule has 1 aromatic carbocycles. The third-order valence-corrected chi connectivity index (χ3v) is 4.05. The SMILES string of the molecule is O=C(N/N=C/c1ccc(Cl)c(Cl)c1)C1CCCCC1. The van der Waals surface area contributed by atoms with Gasteiger partial charge in [0.1, 0.15) is 0 Å². The molecule has 1 saturated carbocycles. The monoisotopic (exact) mass is 298 g/mol. The lowest BCUT2D eigenvalue weighted by Crippen LogP contribution is -2.28. The summed E-state index contributed by atoms with van der Waals surface area (Å²) in [6, 6.07) is 5.21. The summed E-state index contributed by atoms with van der Waals surface area (Å²) in [6.07, 6.45) is 7.00. The highest BCUT2D eigenvalue weighted by Crippen LogP contribution is 2.23. The van der Waals surface area contributed by atoms with E-state index in [4.69, 9.17) is 23.2 Å². The van der Waals surface area contributed by atoms with E-state index in [1.807, 2.05) is 0 Å². The van der Waals surface area contributed by atoms with Crippen molar-refractivity contribution in [3.8, 4) is 0 Å². The highest BCUT2D eigenvalue weighted by Gasteiger charge is 2.20. The van der Waals surface area contributed by atoms with Gasteiger partial charge in [-0.1, -0.05) is 48.5 Å². The predicted molar refractivity (Wildman–Crippen MR) is 78.8 cm³/mol. The molecule has 0 bridgehead atoms. The maximum atomic E-state index is 11.8. The maximum absolute atomic E-state index is 11.8. The molecule has 0 radical (unpaired) electrons. The first kappa shape index (κ1) is 14.4. The van der Waals surface area contributed by atoms with Gasteiger partial charge >= 0.3 is 0 Å². The van der Waals surface area contributed by atoms with Gasteiger partial charge in [0, 0.05) is 5.92 Å². The Morgan fingerprint density at radius 1 is 1.21 bits per heavy atom. The molecule has 1 aliphatic rings. The van der Waals surface area contributed by atoms with Gasteiger partial charge in [0.2, 0.25) is 5.91 Å². The Morgan fingerprint density at radius 3 is 2.63 bits per heavy atom. The Labute approximate surface area is 123 Å². The van der Waals surface area contributed by atoms with Gasteiger partial charge in [-0.25, -0.2) is 5.43 Å². The van der Waals surface area contributed by atoms with Crippen LogP contribution in [0, 0.1) is 5.92 Å². The van der Waals surface area contributed by atoms with Crippen LogP contribution in [0.5, 0.6) is 0 Å². The summed E-state index contributed by atoms with van der Waals surface area (Å²) < 4.78 is 0. The van der Waals surface area contributed by atoms with Crippen molar-refractivity contribution in [3.05, 3.63) is 33.8 Å². The molecule has 0 heterocycles. The number of carbonyl (C=O) groups is 1. The molecule has 2 rings (SSSR count). The third kappa shape index (κ3) is 4.22. The van der Waals surface area contributed by atoms with Crippen LogP contribution < -0.4 is 5.43 Å². The summed E-state index contributed by atoms with van der Waals surface area (Å²) >= 11 is 11.7. The van der Waals surface area contributed by atoms with Crippen molar-refractivity contribution in [3.63, 3.8) is 0 Å². The summed E-state index contributed by atoms with van der Waals surface area (Å²) in [7, 11) is 0. The molecule has 1 aromatic rings. The molecule has 0 aliphatic heterocycles. The first-order valence-electron chi connectivity index (χ1n) is 6.45. The molecule has 1 fully saturated rings. The van der Waals surface area contributed by atoms with Crippen molar-refractivity contribution in [2.24, 2.45) is 11.0 Å². The van der Waals surface area contributed by atoms with Crippen LogP contribution in [-0.4, -0.2) is 12.1 Å². The van der Waals surface area contributed by atoms with Crippen molar-refractivity contribution in [2.45, 2.75) is 32.1 Å². The van der Waals surface area contributed by atoms with Crippen LogP contribution >= 0.6 is 23.2 Å². The maximum Gasteiger partial charge on any atom is 0.243 e. The molecule has 19 heavy (non-hydrogen) atoms. The fourth-order valence-electron chi connectivity index (χ4n) is 2.22. The number of hydrogen-bond acceptors (Lipinski definition) is 2. The molecule has 0 saturated heterocycles. The zero-order valence-electron chi connectivity index (χ0n) is 10.5. The summed E-state index contributed by atoms with van der Waals surface area (Å²) in [6.45, 7) is 0. The van der Waals surface area contributed by atoms with E-state index < -0.39 is 0 Å². The molecule has 1 aliphatic carbocycles. The van der Waals surface area contributed by atoms with E-state index in [1.165, 1.54) is 6.42 Å². The van der Waals surface area contributed by atoms with E-state index in [0.29, 0.717) is 10.0 Å². The topological polar surface area (TPSA) is 41.5 Å². The van der Waals surface area contributed by atoms with Gasteiger partial charge in [-0.15, -0.1) is 0 Å². The van der Waals surface area contributed by atoms with Gasteiger partial charge < -0.3 is 0 Å². The highest BCUT2D eigenvalue weighted by atomic mass is 35.5. The quantitative estimate of drug-likeness (QED) is 0.664. The molecule has 0 aromatic heterocycles. The number of amides is 1. The molecular weight excluding hydrogens is 283 g/mol. The number of nitrogens with one attached hydrogen (secondary N) is 1. The third-order valence-electron chi connectivity index (χ3n) is 3.31. The van der Waals surface area contributed by atoms with Crippen molar-refractivity contribution in [1.82, 2.24) is 5.43 Å². The van der Waals surface area contributed by atoms with E-state index in [1.54, 1.807) is 24.4 Å². The van der Waals surface area contributed by atoms with Crippen LogP contribution in [0.3, 0.4) is 0 Å². The normalized spacial score (nSPS) is 16.7. The van der Waals surface area contributed by atoms with Crippen molar-refractivity contribution in [2.75, 3.05) is 0 Å². The zero-order valence-corrected chi connectivity index (χ0v) is 12.0. The molecule has 0 atom stereocenters. The average Bonchev–Trinajstić information content (AvgIpc) is 2.43. The number of hydrazone groups is 1. The fourth-order valence-corrected chi connectivity index (χ4v) is 2.53. The Balaban J connectivity index is 1.88. The molecule has 102 valence electrons. The van der Waals surface area contributed by atoms with Gasteiger partial charge in [-0.2, -0.15) is 5.10 Å². The first-order chi connectivity index (χ1) is 9.16. The molecule has 0 spiro atoms. The molecule has 5 heteroatoms. The Bertz CT molecular complexity index is 482. The van der Waals surface area contributed by atoms with Crippen LogP contribution in [0.25, 0.3) is 0 Å². The lowest BCUT2D eigenvalue weighted by atomic mass is 9.89. The van der Waals surface area contributed by atoms with Crippen LogP contribution in [0.4, 0.5) is 0 Å². The van der Waals surface area contributed by atoms with Gasteiger partial charge in [0.25, 0.3) is 0 Å². The smallest absolute Gasteiger partial charge is 0.243 e. The standard InChI is InChI=1S/C14H16Cl2N2O/c15-12-7-6-10(8-13(12)16)9-17-18-14(19)11-4-2-1-3-5-11/h6-9,11H,1-5H2,(H,18,19)/b17-9+. The van der Waals surface area contributed by atoms with E-state index >= 15 is 0 Å². The van der Waals surface area contributed by atoms with Crippen molar-refractivity contribution in [1.29, 1.82) is 0 Å². The van der Waals surface area contributed by atoms with E-state index in [-0.39, 0.29) is 11.8 Å². The molecule has 1 amide bonds. The number of halogens is 2. The Kier molecular flexibility index (Phi) is 5.23. The average molecular weight is 299 g/mol. The van der Waals surface area contributed by atoms with Crippen molar-refractivity contribution < 1.29 is 4.79 Å². The van der Waals surface area contributed by atoms with Crippen molar-refractivity contribution >= 4 is 35.3 Å². The number of carbonyl (C=O) groups excluding carboxylic acids is 1. The second-order valence-electron chi connectivity index (χ2n) is 4.74. The summed E-state index contributed by atoms with van der Waals surface area (Å²) in [5.41, 5.74) is 3.39. The second-order valence-corrected chi connectivity index (χ2v) is 5.56. The molecule has 3 nitrogen and oxygen atoms in total. The summed E-state index contributed by atoms with van der Waals surface area (Å²) in [5.74, 6) is 0.121. The van der Waals surface area contributed by atoms with E-state index in [9.17, 15) is 4.79 Å². The fraction of sp³-hybridized carbons (Fsp3) is 0.429. The van der Waals surface area contributed by atoms with Crippen LogP contribution in [0.15, 0.2) is 23.3 Å². The van der Waals surface area contributed by atoms with Crippen LogP contribution in [0.1, 0.15) is 37.7 Å². The van der Waals surface area contributed by atoms with E-state index in [2.05, 4.69) is 10.5 Å². The second kappa shape index (κ2) is 6.92. The summed E-state index contributed by atoms with van der Waals surface area (Å²) in [5, 5.41) is 4.94. The Hall–Kier alpha value is -1.06. The lowest BCUT2D eigenvalue weighted by molar-refractivity contribution is -0.125. The minimum absolute atomic E-state index is 0.0102. The van der Waals surface area contributed by atoms with Crippen LogP contribution in [0.2, 0.25) is 10.0 Å². The van der Waals surface area contributed by atoms with E-state index in [0.717, 1.165) is 31.2 Å². The molecule has 0 unspecified atom stereocenters. The number of hydrogen-bond donors (Lipinski definition) is 1. The van der Waals surface area contributed by atoms with Crippen LogP contribution in [-0.2, 0) is 4.79 Å². The lowest BCUT2D eigenvalue weighted by Gasteiger charge is -2.19. The predicted octanol–water partition coefficient (Wildman–Crippen LogP) is 4.02. The van der Waals surface area contributed by atoms with Gasteiger partial charge in [-0.3, -0.25) is 4.79 Å². The van der Waals surface area contributed by atoms with Gasteiger partial charge in [0.15, 0.2) is 0 Å². The minimum Gasteiger partial charge on any atom is -0.273 e. The highest BCUT2D eigenvalue weighted by molar-refractivity contribution is 6.42. The Morgan fingerprint density at radius 2 is 1.95 bits per heavy atom. The largest absolute Gasteiger partial charge is 0.273 e. The summed E-state index contributed by atoms with van der Waals surface area (Å²) in [4.78, 5) is 11.8. The number of nitrogens with zero attached hydrogens (tertiary/aromatic N) is 1. The first-order valence-corrected chi connectivity index (χ1v) is 7.20. The zero-order chi connectivity index (χ0) is 13.7. The van der Waals surface area contributed by atoms with Gasteiger partial charge in [0.05, 0.1) is 16.3 Å². The number of rotatable bonds is 3. The molecular formula is C14H16Cl2N2O. The van der Waals surface area contributed by atoms with Gasteiger partial charge in [-0.05, 0) is 30.5 Å². The minimum atomic E-state index is 0.0102.